The third-order valence-electron chi connectivity index (χ3n) is 4.56. The van der Waals surface area contributed by atoms with Crippen LogP contribution >= 0.6 is 15.9 Å². The molecule has 3 aromatic rings. The predicted octanol–water partition coefficient (Wildman–Crippen LogP) is 5.63. The summed E-state index contributed by atoms with van der Waals surface area (Å²) in [5, 5.41) is 22.6. The lowest BCUT2D eigenvalue weighted by molar-refractivity contribution is -0.384. The van der Waals surface area contributed by atoms with E-state index in [1.165, 1.54) is 13.2 Å². The van der Waals surface area contributed by atoms with Gasteiger partial charge < -0.3 is 14.8 Å². The maximum absolute atomic E-state index is 14.0. The Kier molecular flexibility index (Phi) is 7.95. The summed E-state index contributed by atoms with van der Waals surface area (Å²) >= 11 is 3.41. The molecule has 10 heteroatoms. The number of anilines is 1. The summed E-state index contributed by atoms with van der Waals surface area (Å²) in [5.41, 5.74) is 0.222. The number of benzene rings is 3. The molecule has 3 aromatic carbocycles. The molecule has 0 atom stereocenters. The van der Waals surface area contributed by atoms with Crippen molar-refractivity contribution < 1.29 is 23.6 Å². The number of nitriles is 1. The lowest BCUT2D eigenvalue weighted by Gasteiger charge is -2.14. The first kappa shape index (κ1) is 24.4. The van der Waals surface area contributed by atoms with E-state index in [9.17, 15) is 24.6 Å². The fourth-order valence-electron chi connectivity index (χ4n) is 2.92. The number of nitrogens with one attached hydrogen (secondary N) is 1. The number of nitro benzene ring substituents is 1. The van der Waals surface area contributed by atoms with Gasteiger partial charge in [-0.25, -0.2) is 4.39 Å². The van der Waals surface area contributed by atoms with Gasteiger partial charge in [-0.2, -0.15) is 5.26 Å². The molecule has 0 aliphatic heterocycles. The second-order valence-corrected chi connectivity index (χ2v) is 7.71. The van der Waals surface area contributed by atoms with Crippen LogP contribution in [0.25, 0.3) is 6.08 Å². The number of hydrogen-bond donors (Lipinski definition) is 1. The van der Waals surface area contributed by atoms with Crippen LogP contribution in [0.1, 0.15) is 11.1 Å². The van der Waals surface area contributed by atoms with E-state index in [1.54, 1.807) is 18.2 Å². The van der Waals surface area contributed by atoms with Crippen molar-refractivity contribution in [3.05, 3.63) is 97.8 Å². The molecule has 0 bridgehead atoms. The van der Waals surface area contributed by atoms with Gasteiger partial charge in [-0.1, -0.05) is 30.3 Å². The fourth-order valence-corrected chi connectivity index (χ4v) is 3.49. The van der Waals surface area contributed by atoms with Gasteiger partial charge in [0.1, 0.15) is 24.1 Å². The number of nitro groups is 1. The quantitative estimate of drug-likeness (QED) is 0.176. The third-order valence-corrected chi connectivity index (χ3v) is 5.15. The van der Waals surface area contributed by atoms with Crippen LogP contribution in [0.4, 0.5) is 15.8 Å². The highest BCUT2D eigenvalue weighted by atomic mass is 79.9. The second-order valence-electron chi connectivity index (χ2n) is 6.85. The van der Waals surface area contributed by atoms with Crippen molar-refractivity contribution in [3.63, 3.8) is 0 Å². The van der Waals surface area contributed by atoms with Crippen molar-refractivity contribution in [1.29, 1.82) is 5.26 Å². The molecule has 0 radical (unpaired) electrons. The molecule has 1 amide bonds. The van der Waals surface area contributed by atoms with Crippen LogP contribution in [0.15, 0.2) is 70.7 Å². The molecule has 3 rings (SSSR count). The third kappa shape index (κ3) is 5.96. The molecule has 0 aliphatic carbocycles. The molecule has 0 heterocycles. The Morgan fingerprint density at radius 3 is 2.62 bits per heavy atom. The first-order chi connectivity index (χ1) is 16.3. The molecule has 0 saturated heterocycles. The van der Waals surface area contributed by atoms with Crippen molar-refractivity contribution in [2.45, 2.75) is 6.61 Å². The molecule has 172 valence electrons. The summed E-state index contributed by atoms with van der Waals surface area (Å²) in [7, 11) is 1.45. The first-order valence-corrected chi connectivity index (χ1v) is 10.5. The van der Waals surface area contributed by atoms with Gasteiger partial charge in [0.2, 0.25) is 0 Å². The van der Waals surface area contributed by atoms with Gasteiger partial charge in [0, 0.05) is 12.1 Å². The molecule has 0 fully saturated rings. The summed E-state index contributed by atoms with van der Waals surface area (Å²) in [6, 6.07) is 17.2. The van der Waals surface area contributed by atoms with E-state index in [-0.39, 0.29) is 5.57 Å². The summed E-state index contributed by atoms with van der Waals surface area (Å²) in [6.45, 7) is 0.297. The zero-order chi connectivity index (χ0) is 24.7. The van der Waals surface area contributed by atoms with Crippen LogP contribution in [0.5, 0.6) is 11.5 Å². The van der Waals surface area contributed by atoms with E-state index in [0.717, 1.165) is 23.8 Å². The normalized spacial score (nSPS) is 10.8. The van der Waals surface area contributed by atoms with Crippen molar-refractivity contribution in [3.8, 4) is 17.6 Å². The highest BCUT2D eigenvalue weighted by Crippen LogP contribution is 2.38. The van der Waals surface area contributed by atoms with Crippen LogP contribution in [0, 0.1) is 27.3 Å². The summed E-state index contributed by atoms with van der Waals surface area (Å²) in [4.78, 5) is 22.7. The maximum atomic E-state index is 14.0. The summed E-state index contributed by atoms with van der Waals surface area (Å²) in [6.07, 6.45) is 1.28. The number of amides is 1. The van der Waals surface area contributed by atoms with Crippen molar-refractivity contribution in [2.75, 3.05) is 12.4 Å². The monoisotopic (exact) mass is 525 g/mol. The zero-order valence-corrected chi connectivity index (χ0v) is 19.3. The van der Waals surface area contributed by atoms with Crippen molar-refractivity contribution in [2.24, 2.45) is 0 Å². The van der Waals surface area contributed by atoms with Gasteiger partial charge in [-0.05, 0) is 51.3 Å². The minimum absolute atomic E-state index is 0.297. The highest BCUT2D eigenvalue weighted by molar-refractivity contribution is 9.10. The molecule has 1 N–H and O–H groups in total. The van der Waals surface area contributed by atoms with E-state index in [2.05, 4.69) is 21.2 Å². The number of rotatable bonds is 8. The van der Waals surface area contributed by atoms with Gasteiger partial charge in [0.15, 0.2) is 11.5 Å². The van der Waals surface area contributed by atoms with Crippen molar-refractivity contribution in [1.82, 2.24) is 0 Å². The van der Waals surface area contributed by atoms with Crippen LogP contribution in [0.2, 0.25) is 0 Å². The number of carbonyl (C=O) groups is 1. The van der Waals surface area contributed by atoms with Crippen LogP contribution in [0.3, 0.4) is 0 Å². The van der Waals surface area contributed by atoms with E-state index in [0.29, 0.717) is 28.1 Å². The van der Waals surface area contributed by atoms with Crippen LogP contribution < -0.4 is 14.8 Å². The first-order valence-electron chi connectivity index (χ1n) is 9.73. The second kappa shape index (κ2) is 11.1. The Balaban J connectivity index is 1.84. The average Bonchev–Trinajstić information content (AvgIpc) is 2.83. The molecule has 0 unspecified atom stereocenters. The Hall–Kier alpha value is -4.23. The minimum Gasteiger partial charge on any atom is -0.493 e. The van der Waals surface area contributed by atoms with E-state index in [4.69, 9.17) is 9.47 Å². The maximum Gasteiger partial charge on any atom is 0.271 e. The lowest BCUT2D eigenvalue weighted by atomic mass is 10.1. The summed E-state index contributed by atoms with van der Waals surface area (Å²) < 4.78 is 25.8. The van der Waals surface area contributed by atoms with E-state index < -0.39 is 28.0 Å². The van der Waals surface area contributed by atoms with Gasteiger partial charge >= 0.3 is 0 Å². The number of ether oxygens (including phenoxy) is 2. The van der Waals surface area contributed by atoms with Gasteiger partial charge in [0.25, 0.3) is 11.6 Å². The van der Waals surface area contributed by atoms with Crippen LogP contribution in [-0.4, -0.2) is 17.9 Å². The molecule has 34 heavy (non-hydrogen) atoms. The molecule has 0 saturated carbocycles. The summed E-state index contributed by atoms with van der Waals surface area (Å²) in [5.74, 6) is -1.01. The molecule has 0 aliphatic rings. The fraction of sp³-hybridized carbons (Fsp3) is 0.0833. The lowest BCUT2D eigenvalue weighted by Crippen LogP contribution is -2.14. The minimum atomic E-state index is -0.929. The number of halogens is 2. The SMILES string of the molecule is COc1cc(/C=C(\C#N)C(=O)Nc2cc([N+](=O)[O-])ccc2F)cc(Br)c1OCc1ccccc1. The van der Waals surface area contributed by atoms with Gasteiger partial charge in [-0.3, -0.25) is 14.9 Å². The van der Waals surface area contributed by atoms with E-state index >= 15 is 0 Å². The Labute approximate surface area is 202 Å². The molecular formula is C24H17BrFN3O5. The zero-order valence-electron chi connectivity index (χ0n) is 17.7. The smallest absolute Gasteiger partial charge is 0.271 e. The van der Waals surface area contributed by atoms with Gasteiger partial charge in [0.05, 0.1) is 22.2 Å². The van der Waals surface area contributed by atoms with Gasteiger partial charge in [-0.15, -0.1) is 0 Å². The standard InChI is InChI=1S/C24H17BrFN3O5/c1-33-22-11-16(10-19(25)23(22)34-14-15-5-3-2-4-6-15)9-17(13-27)24(30)28-21-12-18(29(31)32)7-8-20(21)26/h2-12H,14H2,1H3,(H,28,30)/b17-9+. The van der Waals surface area contributed by atoms with Crippen LogP contribution in [-0.2, 0) is 11.4 Å². The number of methoxy groups -OCH3 is 1. The number of nitrogens with zero attached hydrogens (tertiary/aromatic N) is 2. The molecule has 0 aromatic heterocycles. The topological polar surface area (TPSA) is 114 Å². The highest BCUT2D eigenvalue weighted by Gasteiger charge is 2.17. The number of non-ortho nitro benzene ring substituents is 1. The molecule has 8 nitrogen and oxygen atoms in total. The predicted molar refractivity (Wildman–Crippen MR) is 127 cm³/mol. The largest absolute Gasteiger partial charge is 0.493 e. The number of hydrogen-bond acceptors (Lipinski definition) is 6. The Morgan fingerprint density at radius 2 is 1.97 bits per heavy atom. The molecular weight excluding hydrogens is 509 g/mol. The Morgan fingerprint density at radius 1 is 1.24 bits per heavy atom. The molecule has 0 spiro atoms. The Bertz CT molecular complexity index is 1310. The van der Waals surface area contributed by atoms with E-state index in [1.807, 2.05) is 30.3 Å². The average molecular weight is 526 g/mol. The van der Waals surface area contributed by atoms with Crippen molar-refractivity contribution >= 4 is 39.3 Å². The number of carbonyl (C=O) groups excluding carboxylic acids is 1.